The fourth-order valence-corrected chi connectivity index (χ4v) is 2.52. The maximum atomic E-state index is 11.8. The smallest absolute Gasteiger partial charge is 0.243 e. The van der Waals surface area contributed by atoms with Gasteiger partial charge in [-0.2, -0.15) is 0 Å². The molecular formula is C14H19ClN4O2S. The highest BCUT2D eigenvalue weighted by atomic mass is 35.5. The van der Waals surface area contributed by atoms with E-state index in [1.54, 1.807) is 7.11 Å². The molecule has 0 saturated heterocycles. The molecule has 120 valence electrons. The molecule has 1 amide bonds. The van der Waals surface area contributed by atoms with E-state index >= 15 is 0 Å². The summed E-state index contributed by atoms with van der Waals surface area (Å²) >= 11 is 1.31. The van der Waals surface area contributed by atoms with Crippen LogP contribution in [-0.4, -0.2) is 29.3 Å². The molecule has 1 unspecified atom stereocenters. The van der Waals surface area contributed by atoms with Gasteiger partial charge in [-0.15, -0.1) is 22.6 Å². The molecule has 22 heavy (non-hydrogen) atoms. The van der Waals surface area contributed by atoms with Crippen LogP contribution in [-0.2, 0) is 4.79 Å². The highest BCUT2D eigenvalue weighted by Crippen LogP contribution is 2.27. The number of carbonyl (C=O) groups excluding carboxylic acids is 1. The molecule has 3 N–H and O–H groups in total. The number of rotatable bonds is 6. The van der Waals surface area contributed by atoms with Crippen molar-refractivity contribution >= 4 is 34.8 Å². The van der Waals surface area contributed by atoms with E-state index in [4.69, 9.17) is 10.5 Å². The quantitative estimate of drug-likeness (QED) is 0.842. The van der Waals surface area contributed by atoms with Crippen LogP contribution in [0.25, 0.3) is 10.6 Å². The van der Waals surface area contributed by atoms with E-state index in [0.29, 0.717) is 11.6 Å². The maximum absolute atomic E-state index is 11.8. The fourth-order valence-electron chi connectivity index (χ4n) is 1.76. The Labute approximate surface area is 139 Å². The fraction of sp³-hybridized carbons (Fsp3) is 0.357. The molecule has 0 aliphatic carbocycles. The van der Waals surface area contributed by atoms with E-state index in [-0.39, 0.29) is 18.3 Å². The van der Waals surface area contributed by atoms with Gasteiger partial charge in [0.2, 0.25) is 11.0 Å². The Hall–Kier alpha value is -1.70. The average Bonchev–Trinajstić information content (AvgIpc) is 2.96. The molecule has 0 fully saturated rings. The number of carbonyl (C=O) groups is 1. The van der Waals surface area contributed by atoms with Crippen molar-refractivity contribution in [3.63, 3.8) is 0 Å². The first-order chi connectivity index (χ1) is 10.1. The number of nitrogens with zero attached hydrogens (tertiary/aromatic N) is 2. The summed E-state index contributed by atoms with van der Waals surface area (Å²) in [5, 5.41) is 11.9. The molecule has 0 aliphatic rings. The molecule has 0 saturated carbocycles. The third-order valence-electron chi connectivity index (χ3n) is 2.93. The van der Waals surface area contributed by atoms with Gasteiger partial charge >= 0.3 is 0 Å². The molecule has 0 aliphatic heterocycles. The monoisotopic (exact) mass is 342 g/mol. The molecule has 0 bridgehead atoms. The van der Waals surface area contributed by atoms with Crippen molar-refractivity contribution in [2.24, 2.45) is 5.73 Å². The first-order valence-corrected chi connectivity index (χ1v) is 7.50. The van der Waals surface area contributed by atoms with Crippen LogP contribution in [0.2, 0.25) is 0 Å². The minimum atomic E-state index is -0.511. The van der Waals surface area contributed by atoms with Crippen molar-refractivity contribution in [3.05, 3.63) is 24.3 Å². The molecule has 8 heteroatoms. The number of hydrogen-bond donors (Lipinski definition) is 2. The Kier molecular flexibility index (Phi) is 7.23. The number of halogens is 1. The molecule has 0 radical (unpaired) electrons. The second kappa shape index (κ2) is 8.67. The Morgan fingerprint density at radius 3 is 2.64 bits per heavy atom. The molecule has 0 spiro atoms. The molecule has 1 atom stereocenters. The first kappa shape index (κ1) is 18.3. The lowest BCUT2D eigenvalue weighted by Crippen LogP contribution is -2.35. The SMILES string of the molecule is CCCC(N)C(=O)Nc1nnc(-c2ccc(OC)cc2)s1.Cl. The van der Waals surface area contributed by atoms with Crippen LogP contribution in [0.1, 0.15) is 19.8 Å². The summed E-state index contributed by atoms with van der Waals surface area (Å²) < 4.78 is 5.11. The zero-order chi connectivity index (χ0) is 15.2. The lowest BCUT2D eigenvalue weighted by molar-refractivity contribution is -0.117. The van der Waals surface area contributed by atoms with Gasteiger partial charge in [-0.3, -0.25) is 10.1 Å². The van der Waals surface area contributed by atoms with Gasteiger partial charge in [-0.1, -0.05) is 24.7 Å². The second-order valence-electron chi connectivity index (χ2n) is 4.53. The maximum Gasteiger partial charge on any atom is 0.243 e. The topological polar surface area (TPSA) is 90.1 Å². The lowest BCUT2D eigenvalue weighted by atomic mass is 10.2. The van der Waals surface area contributed by atoms with Crippen molar-refractivity contribution in [3.8, 4) is 16.3 Å². The summed E-state index contributed by atoms with van der Waals surface area (Å²) in [5.74, 6) is 0.552. The molecule has 1 aromatic heterocycles. The van der Waals surface area contributed by atoms with E-state index in [1.807, 2.05) is 31.2 Å². The van der Waals surface area contributed by atoms with Gasteiger partial charge in [0, 0.05) is 5.56 Å². The second-order valence-corrected chi connectivity index (χ2v) is 5.50. The van der Waals surface area contributed by atoms with Crippen molar-refractivity contribution in [1.82, 2.24) is 10.2 Å². The summed E-state index contributed by atoms with van der Waals surface area (Å²) in [4.78, 5) is 11.8. The van der Waals surface area contributed by atoms with Gasteiger partial charge in [0.25, 0.3) is 0 Å². The van der Waals surface area contributed by atoms with E-state index in [1.165, 1.54) is 11.3 Å². The molecule has 1 aromatic carbocycles. The highest BCUT2D eigenvalue weighted by molar-refractivity contribution is 7.18. The zero-order valence-electron chi connectivity index (χ0n) is 12.4. The number of nitrogens with two attached hydrogens (primary N) is 1. The molecular weight excluding hydrogens is 324 g/mol. The number of benzene rings is 1. The van der Waals surface area contributed by atoms with Crippen molar-refractivity contribution < 1.29 is 9.53 Å². The summed E-state index contributed by atoms with van der Waals surface area (Å²) in [6.45, 7) is 1.99. The van der Waals surface area contributed by atoms with Crippen LogP contribution in [0.3, 0.4) is 0 Å². The lowest BCUT2D eigenvalue weighted by Gasteiger charge is -2.08. The summed E-state index contributed by atoms with van der Waals surface area (Å²) in [5.41, 5.74) is 6.68. The molecule has 6 nitrogen and oxygen atoms in total. The zero-order valence-corrected chi connectivity index (χ0v) is 14.0. The minimum absolute atomic E-state index is 0. The third kappa shape index (κ3) is 4.66. The largest absolute Gasteiger partial charge is 0.497 e. The predicted octanol–water partition coefficient (Wildman–Crippen LogP) is 2.70. The summed E-state index contributed by atoms with van der Waals surface area (Å²) in [6.07, 6.45) is 1.51. The number of aromatic nitrogens is 2. The average molecular weight is 343 g/mol. The van der Waals surface area contributed by atoms with Crippen molar-refractivity contribution in [2.75, 3.05) is 12.4 Å². The van der Waals surface area contributed by atoms with Crippen LogP contribution in [0.4, 0.5) is 5.13 Å². The van der Waals surface area contributed by atoms with Crippen LogP contribution in [0.5, 0.6) is 5.75 Å². The van der Waals surface area contributed by atoms with E-state index < -0.39 is 6.04 Å². The Morgan fingerprint density at radius 1 is 1.36 bits per heavy atom. The van der Waals surface area contributed by atoms with Crippen LogP contribution in [0, 0.1) is 0 Å². The van der Waals surface area contributed by atoms with Crippen molar-refractivity contribution in [2.45, 2.75) is 25.8 Å². The number of nitrogens with one attached hydrogen (secondary N) is 1. The molecule has 2 aromatic rings. The number of hydrogen-bond acceptors (Lipinski definition) is 6. The predicted molar refractivity (Wildman–Crippen MR) is 90.7 cm³/mol. The molecule has 1 heterocycles. The Morgan fingerprint density at radius 2 is 2.05 bits per heavy atom. The van der Waals surface area contributed by atoms with Crippen LogP contribution in [0.15, 0.2) is 24.3 Å². The third-order valence-corrected chi connectivity index (χ3v) is 3.82. The van der Waals surface area contributed by atoms with Crippen molar-refractivity contribution in [1.29, 1.82) is 0 Å². The molecule has 2 rings (SSSR count). The Bertz CT molecular complexity index is 603. The Balaban J connectivity index is 0.00000242. The van der Waals surface area contributed by atoms with Gasteiger partial charge in [0.15, 0.2) is 0 Å². The van der Waals surface area contributed by atoms with Crippen LogP contribution >= 0.6 is 23.7 Å². The summed E-state index contributed by atoms with van der Waals surface area (Å²) in [6, 6.07) is 6.99. The van der Waals surface area contributed by atoms with Crippen LogP contribution < -0.4 is 15.8 Å². The van der Waals surface area contributed by atoms with Gasteiger partial charge in [-0.25, -0.2) is 0 Å². The van der Waals surface area contributed by atoms with Gasteiger partial charge in [-0.05, 0) is 30.7 Å². The first-order valence-electron chi connectivity index (χ1n) is 6.68. The van der Waals surface area contributed by atoms with Gasteiger partial charge < -0.3 is 10.5 Å². The van der Waals surface area contributed by atoms with Gasteiger partial charge in [0.1, 0.15) is 10.8 Å². The van der Waals surface area contributed by atoms with E-state index in [0.717, 1.165) is 22.7 Å². The van der Waals surface area contributed by atoms with E-state index in [9.17, 15) is 4.79 Å². The number of methoxy groups -OCH3 is 1. The number of anilines is 1. The van der Waals surface area contributed by atoms with Gasteiger partial charge in [0.05, 0.1) is 13.2 Å². The number of amides is 1. The van der Waals surface area contributed by atoms with E-state index in [2.05, 4.69) is 15.5 Å². The normalized spacial score (nSPS) is 11.4. The number of ether oxygens (including phenoxy) is 1. The standard InChI is InChI=1S/C14H18N4O2S.ClH/c1-3-4-11(15)12(19)16-14-18-17-13(21-14)9-5-7-10(20-2)8-6-9;/h5-8,11H,3-4,15H2,1-2H3,(H,16,18,19);1H. The summed E-state index contributed by atoms with van der Waals surface area (Å²) in [7, 11) is 1.62. The highest BCUT2D eigenvalue weighted by Gasteiger charge is 2.15. The minimum Gasteiger partial charge on any atom is -0.497 e.